The van der Waals surface area contributed by atoms with Crippen molar-refractivity contribution in [1.29, 1.82) is 0 Å². The number of aliphatic imine (C=N–C) groups is 1. The highest BCUT2D eigenvalue weighted by molar-refractivity contribution is 14.0. The molecule has 0 aromatic heterocycles. The van der Waals surface area contributed by atoms with E-state index in [0.717, 1.165) is 58.3 Å². The molecule has 7 nitrogen and oxygen atoms in total. The van der Waals surface area contributed by atoms with Gasteiger partial charge in [0.1, 0.15) is 0 Å². The Hall–Kier alpha value is -0.610. The summed E-state index contributed by atoms with van der Waals surface area (Å²) in [6, 6.07) is 0. The molecule has 0 saturated carbocycles. The molecule has 1 aliphatic rings. The third-order valence-corrected chi connectivity index (χ3v) is 3.98. The number of rotatable bonds is 9. The van der Waals surface area contributed by atoms with Gasteiger partial charge in [-0.2, -0.15) is 0 Å². The molecular formula is C17H36IN5O2. The summed E-state index contributed by atoms with van der Waals surface area (Å²) >= 11 is 0. The van der Waals surface area contributed by atoms with Crippen LogP contribution in [0, 0.1) is 5.41 Å². The summed E-state index contributed by atoms with van der Waals surface area (Å²) < 4.78 is 5.36. The molecule has 25 heavy (non-hydrogen) atoms. The van der Waals surface area contributed by atoms with Crippen molar-refractivity contribution in [3.8, 4) is 0 Å². The summed E-state index contributed by atoms with van der Waals surface area (Å²) in [4.78, 5) is 19.0. The van der Waals surface area contributed by atoms with Crippen LogP contribution in [0.2, 0.25) is 0 Å². The number of nitrogens with zero attached hydrogens (tertiary/aromatic N) is 2. The van der Waals surface area contributed by atoms with Crippen molar-refractivity contribution in [2.75, 3.05) is 59.0 Å². The average Bonchev–Trinajstić information content (AvgIpc) is 2.57. The topological polar surface area (TPSA) is 78.0 Å². The Bertz CT molecular complexity index is 398. The zero-order valence-corrected chi connectivity index (χ0v) is 18.5. The first-order valence-corrected chi connectivity index (χ1v) is 9.10. The van der Waals surface area contributed by atoms with Crippen LogP contribution in [-0.2, 0) is 9.53 Å². The van der Waals surface area contributed by atoms with Crippen LogP contribution in [-0.4, -0.2) is 75.8 Å². The van der Waals surface area contributed by atoms with E-state index in [1.165, 1.54) is 0 Å². The Balaban J connectivity index is 0.00000576. The molecule has 1 rings (SSSR count). The van der Waals surface area contributed by atoms with E-state index in [2.05, 4.69) is 25.8 Å². The molecule has 1 aliphatic heterocycles. The second-order valence-corrected chi connectivity index (χ2v) is 6.67. The van der Waals surface area contributed by atoms with Crippen molar-refractivity contribution in [1.82, 2.24) is 20.9 Å². The van der Waals surface area contributed by atoms with Crippen molar-refractivity contribution in [3.05, 3.63) is 0 Å². The van der Waals surface area contributed by atoms with Crippen LogP contribution in [0.5, 0.6) is 0 Å². The van der Waals surface area contributed by atoms with Crippen LogP contribution in [0.4, 0.5) is 0 Å². The van der Waals surface area contributed by atoms with Crippen molar-refractivity contribution >= 4 is 35.8 Å². The van der Waals surface area contributed by atoms with Crippen LogP contribution < -0.4 is 16.0 Å². The Morgan fingerprint density at radius 3 is 2.36 bits per heavy atom. The molecule has 0 aliphatic carbocycles. The predicted octanol–water partition coefficient (Wildman–Crippen LogP) is 1.04. The summed E-state index contributed by atoms with van der Waals surface area (Å²) in [5.41, 5.74) is -0.508. The van der Waals surface area contributed by atoms with Gasteiger partial charge in [-0.25, -0.2) is 0 Å². The number of hydrogen-bond acceptors (Lipinski definition) is 4. The third-order valence-electron chi connectivity index (χ3n) is 3.98. The summed E-state index contributed by atoms with van der Waals surface area (Å²) in [5.74, 6) is 0.814. The van der Waals surface area contributed by atoms with E-state index in [-0.39, 0.29) is 29.9 Å². The van der Waals surface area contributed by atoms with Gasteiger partial charge in [-0.15, -0.1) is 24.0 Å². The standard InChI is InChI=1S/C17H35N5O2.HI/c1-5-18-15(23)17(3,4)14-21-16(19-6-2)20-8-7-9-22-10-12-24-13-11-22;/h5-14H2,1-4H3,(H,18,23)(H2,19,20,21);1H. The molecule has 148 valence electrons. The van der Waals surface area contributed by atoms with E-state index < -0.39 is 5.41 Å². The molecule has 0 bridgehead atoms. The molecule has 0 unspecified atom stereocenters. The molecule has 1 saturated heterocycles. The largest absolute Gasteiger partial charge is 0.379 e. The highest BCUT2D eigenvalue weighted by atomic mass is 127. The van der Waals surface area contributed by atoms with Crippen LogP contribution in [0.3, 0.4) is 0 Å². The number of morpholine rings is 1. The van der Waals surface area contributed by atoms with E-state index in [1.54, 1.807) is 0 Å². The fourth-order valence-electron chi connectivity index (χ4n) is 2.42. The van der Waals surface area contributed by atoms with Gasteiger partial charge in [0.2, 0.25) is 5.91 Å². The number of halogens is 1. The predicted molar refractivity (Wildman–Crippen MR) is 114 cm³/mol. The number of hydrogen-bond donors (Lipinski definition) is 3. The first-order valence-electron chi connectivity index (χ1n) is 9.10. The Labute approximate surface area is 169 Å². The minimum absolute atomic E-state index is 0. The smallest absolute Gasteiger partial charge is 0.227 e. The third kappa shape index (κ3) is 10.2. The van der Waals surface area contributed by atoms with Crippen molar-refractivity contribution in [2.24, 2.45) is 10.4 Å². The molecule has 0 spiro atoms. The van der Waals surface area contributed by atoms with E-state index in [4.69, 9.17) is 4.74 Å². The molecular weight excluding hydrogens is 433 g/mol. The zero-order valence-electron chi connectivity index (χ0n) is 16.2. The van der Waals surface area contributed by atoms with Gasteiger partial charge in [-0.1, -0.05) is 0 Å². The van der Waals surface area contributed by atoms with Crippen LogP contribution in [0.1, 0.15) is 34.1 Å². The SMILES string of the molecule is CCNC(=O)C(C)(C)CN=C(NCC)NCCCN1CCOCC1.I. The van der Waals surface area contributed by atoms with E-state index >= 15 is 0 Å². The molecule has 0 atom stereocenters. The van der Waals surface area contributed by atoms with Crippen LogP contribution in [0.15, 0.2) is 4.99 Å². The number of carbonyl (C=O) groups excluding carboxylic acids is 1. The fourth-order valence-corrected chi connectivity index (χ4v) is 2.42. The molecule has 1 fully saturated rings. The van der Waals surface area contributed by atoms with Gasteiger partial charge in [0.25, 0.3) is 0 Å². The number of nitrogens with one attached hydrogen (secondary N) is 3. The summed E-state index contributed by atoms with van der Waals surface area (Å²) in [6.07, 6.45) is 1.06. The lowest BCUT2D eigenvalue weighted by molar-refractivity contribution is -0.128. The molecule has 0 aromatic rings. The van der Waals surface area contributed by atoms with Gasteiger partial charge >= 0.3 is 0 Å². The van der Waals surface area contributed by atoms with Crippen molar-refractivity contribution in [3.63, 3.8) is 0 Å². The maximum absolute atomic E-state index is 12.0. The second kappa shape index (κ2) is 13.6. The summed E-state index contributed by atoms with van der Waals surface area (Å²) in [6.45, 7) is 15.4. The monoisotopic (exact) mass is 469 g/mol. The zero-order chi connectivity index (χ0) is 17.8. The Morgan fingerprint density at radius 1 is 1.12 bits per heavy atom. The Morgan fingerprint density at radius 2 is 1.76 bits per heavy atom. The van der Waals surface area contributed by atoms with Crippen LogP contribution in [0.25, 0.3) is 0 Å². The fraction of sp³-hybridized carbons (Fsp3) is 0.882. The maximum Gasteiger partial charge on any atom is 0.227 e. The second-order valence-electron chi connectivity index (χ2n) is 6.67. The lowest BCUT2D eigenvalue weighted by atomic mass is 9.92. The van der Waals surface area contributed by atoms with E-state index in [9.17, 15) is 4.79 Å². The Kier molecular flexibility index (Phi) is 13.2. The normalized spacial score (nSPS) is 16.1. The number of carbonyl (C=O) groups is 1. The molecule has 3 N–H and O–H groups in total. The average molecular weight is 469 g/mol. The molecule has 0 aromatic carbocycles. The summed E-state index contributed by atoms with van der Waals surface area (Å²) in [5, 5.41) is 9.46. The quantitative estimate of drug-likeness (QED) is 0.204. The van der Waals surface area contributed by atoms with Crippen LogP contribution >= 0.6 is 24.0 Å². The van der Waals surface area contributed by atoms with Gasteiger partial charge in [-0.3, -0.25) is 14.7 Å². The van der Waals surface area contributed by atoms with E-state index in [0.29, 0.717) is 13.1 Å². The number of guanidine groups is 1. The first-order chi connectivity index (χ1) is 11.5. The van der Waals surface area contributed by atoms with Gasteiger partial charge in [0.05, 0.1) is 25.2 Å². The summed E-state index contributed by atoms with van der Waals surface area (Å²) in [7, 11) is 0. The first kappa shape index (κ1) is 24.4. The van der Waals surface area contributed by atoms with Gasteiger partial charge < -0.3 is 20.7 Å². The minimum atomic E-state index is -0.508. The number of ether oxygens (including phenoxy) is 1. The molecule has 0 radical (unpaired) electrons. The minimum Gasteiger partial charge on any atom is -0.379 e. The maximum atomic E-state index is 12.0. The van der Waals surface area contributed by atoms with Crippen molar-refractivity contribution in [2.45, 2.75) is 34.1 Å². The number of amides is 1. The van der Waals surface area contributed by atoms with Gasteiger partial charge in [0.15, 0.2) is 5.96 Å². The van der Waals surface area contributed by atoms with Gasteiger partial charge in [-0.05, 0) is 40.7 Å². The van der Waals surface area contributed by atoms with E-state index in [1.807, 2.05) is 27.7 Å². The highest BCUT2D eigenvalue weighted by Gasteiger charge is 2.26. The lowest BCUT2D eigenvalue weighted by Crippen LogP contribution is -2.42. The van der Waals surface area contributed by atoms with Crippen molar-refractivity contribution < 1.29 is 9.53 Å². The lowest BCUT2D eigenvalue weighted by Gasteiger charge is -2.26. The molecule has 1 heterocycles. The molecule has 8 heteroatoms. The van der Waals surface area contributed by atoms with Gasteiger partial charge in [0, 0.05) is 32.7 Å². The molecule has 1 amide bonds. The highest BCUT2D eigenvalue weighted by Crippen LogP contribution is 2.15.